The molecule has 21 heavy (non-hydrogen) atoms. The molecule has 0 bridgehead atoms. The Morgan fingerprint density at radius 2 is 1.76 bits per heavy atom. The highest BCUT2D eigenvalue weighted by atomic mass is 15.2. The van der Waals surface area contributed by atoms with Crippen LogP contribution in [0, 0.1) is 0 Å². The molecular weight excluding hydrogens is 256 g/mol. The van der Waals surface area contributed by atoms with E-state index in [1.807, 2.05) is 0 Å². The molecule has 0 amide bonds. The maximum absolute atomic E-state index is 3.73. The summed E-state index contributed by atoms with van der Waals surface area (Å²) in [5.41, 5.74) is 1.41. The Bertz CT molecular complexity index is 350. The second-order valence-electron chi connectivity index (χ2n) is 6.02. The molecule has 0 radical (unpaired) electrons. The van der Waals surface area contributed by atoms with Crippen molar-refractivity contribution in [3.63, 3.8) is 0 Å². The van der Waals surface area contributed by atoms with E-state index in [4.69, 9.17) is 0 Å². The Morgan fingerprint density at radius 1 is 1.05 bits per heavy atom. The molecule has 0 fully saturated rings. The third kappa shape index (κ3) is 6.62. The van der Waals surface area contributed by atoms with Gasteiger partial charge in [-0.05, 0) is 44.8 Å². The summed E-state index contributed by atoms with van der Waals surface area (Å²) < 4.78 is 0. The summed E-state index contributed by atoms with van der Waals surface area (Å²) >= 11 is 0. The van der Waals surface area contributed by atoms with Crippen LogP contribution in [0.3, 0.4) is 0 Å². The molecule has 2 heteroatoms. The largest absolute Gasteiger partial charge is 0.309 e. The lowest BCUT2D eigenvalue weighted by Gasteiger charge is -2.33. The number of hydrogen-bond donors (Lipinski definition) is 1. The summed E-state index contributed by atoms with van der Waals surface area (Å²) in [6.45, 7) is 12.6. The third-order valence-corrected chi connectivity index (χ3v) is 4.27. The molecule has 0 saturated heterocycles. The Kier molecular flexibility index (Phi) is 9.36. The van der Waals surface area contributed by atoms with Gasteiger partial charge in [-0.1, -0.05) is 57.5 Å². The van der Waals surface area contributed by atoms with Crippen LogP contribution < -0.4 is 5.32 Å². The molecule has 0 aliphatic rings. The molecule has 1 aromatic carbocycles. The first-order chi connectivity index (χ1) is 10.2. The highest BCUT2D eigenvalue weighted by molar-refractivity contribution is 5.19. The first-order valence-electron chi connectivity index (χ1n) is 8.75. The highest BCUT2D eigenvalue weighted by Crippen LogP contribution is 2.17. The standard InChI is InChI=1S/C19H34N2/c1-5-8-15-21(17(4)7-3)16-19(20-14-6-2)18-12-10-9-11-13-18/h9-13,17,19-20H,5-8,14-16H2,1-4H3. The predicted octanol–water partition coefficient (Wildman–Crippen LogP) is 4.63. The van der Waals surface area contributed by atoms with E-state index in [-0.39, 0.29) is 0 Å². The van der Waals surface area contributed by atoms with Gasteiger partial charge in [0, 0.05) is 18.6 Å². The molecule has 120 valence electrons. The minimum Gasteiger partial charge on any atom is -0.309 e. The molecule has 0 saturated carbocycles. The minimum absolute atomic E-state index is 0.442. The Labute approximate surface area is 131 Å². The van der Waals surface area contributed by atoms with Crippen molar-refractivity contribution in [3.05, 3.63) is 35.9 Å². The molecule has 1 rings (SSSR count). The summed E-state index contributed by atoms with van der Waals surface area (Å²) in [4.78, 5) is 2.66. The molecule has 1 N–H and O–H groups in total. The van der Waals surface area contributed by atoms with Gasteiger partial charge in [0.25, 0.3) is 0 Å². The van der Waals surface area contributed by atoms with Crippen molar-refractivity contribution >= 4 is 0 Å². The van der Waals surface area contributed by atoms with Crippen LogP contribution in [-0.2, 0) is 0 Å². The molecular formula is C19H34N2. The van der Waals surface area contributed by atoms with Crippen LogP contribution in [0.5, 0.6) is 0 Å². The van der Waals surface area contributed by atoms with E-state index in [0.717, 1.165) is 13.1 Å². The molecule has 0 heterocycles. The summed E-state index contributed by atoms with van der Waals surface area (Å²) in [6.07, 6.45) is 4.96. The zero-order chi connectivity index (χ0) is 15.5. The fraction of sp³-hybridized carbons (Fsp3) is 0.684. The van der Waals surface area contributed by atoms with Gasteiger partial charge in [0.15, 0.2) is 0 Å². The normalized spacial score (nSPS) is 14.3. The smallest absolute Gasteiger partial charge is 0.0449 e. The number of hydrogen-bond acceptors (Lipinski definition) is 2. The van der Waals surface area contributed by atoms with Crippen LogP contribution in [0.4, 0.5) is 0 Å². The monoisotopic (exact) mass is 290 g/mol. The Balaban J connectivity index is 2.75. The van der Waals surface area contributed by atoms with Crippen LogP contribution in [0.1, 0.15) is 65.0 Å². The lowest BCUT2D eigenvalue weighted by molar-refractivity contribution is 0.179. The molecule has 1 aromatic rings. The fourth-order valence-corrected chi connectivity index (χ4v) is 2.64. The number of rotatable bonds is 11. The van der Waals surface area contributed by atoms with E-state index in [2.05, 4.69) is 68.2 Å². The molecule has 2 atom stereocenters. The number of nitrogens with zero attached hydrogens (tertiary/aromatic N) is 1. The van der Waals surface area contributed by atoms with E-state index in [1.165, 1.54) is 37.8 Å². The average Bonchev–Trinajstić information content (AvgIpc) is 2.54. The van der Waals surface area contributed by atoms with Crippen LogP contribution in [0.2, 0.25) is 0 Å². The molecule has 2 unspecified atom stereocenters. The molecule has 0 aromatic heterocycles. The molecule has 2 nitrogen and oxygen atoms in total. The molecule has 0 spiro atoms. The first-order valence-corrected chi connectivity index (χ1v) is 8.75. The quantitative estimate of drug-likeness (QED) is 0.639. The van der Waals surface area contributed by atoms with E-state index in [0.29, 0.717) is 12.1 Å². The van der Waals surface area contributed by atoms with Gasteiger partial charge in [0.05, 0.1) is 0 Å². The molecule has 0 aliphatic carbocycles. The first kappa shape index (κ1) is 18.2. The van der Waals surface area contributed by atoms with Crippen LogP contribution >= 0.6 is 0 Å². The molecule has 0 aliphatic heterocycles. The highest BCUT2D eigenvalue weighted by Gasteiger charge is 2.18. The maximum atomic E-state index is 3.73. The number of unbranched alkanes of at least 4 members (excludes halogenated alkanes) is 1. The summed E-state index contributed by atoms with van der Waals surface area (Å²) in [7, 11) is 0. The summed E-state index contributed by atoms with van der Waals surface area (Å²) in [5, 5.41) is 3.73. The van der Waals surface area contributed by atoms with Crippen LogP contribution in [-0.4, -0.2) is 30.6 Å². The Morgan fingerprint density at radius 3 is 2.33 bits per heavy atom. The van der Waals surface area contributed by atoms with E-state index >= 15 is 0 Å². The maximum Gasteiger partial charge on any atom is 0.0449 e. The van der Waals surface area contributed by atoms with Crippen molar-refractivity contribution in [2.24, 2.45) is 0 Å². The topological polar surface area (TPSA) is 15.3 Å². The number of nitrogens with one attached hydrogen (secondary N) is 1. The van der Waals surface area contributed by atoms with E-state index in [1.54, 1.807) is 0 Å². The van der Waals surface area contributed by atoms with Crippen molar-refractivity contribution in [1.82, 2.24) is 10.2 Å². The van der Waals surface area contributed by atoms with Crippen molar-refractivity contribution in [2.45, 2.75) is 65.5 Å². The van der Waals surface area contributed by atoms with E-state index in [9.17, 15) is 0 Å². The van der Waals surface area contributed by atoms with Crippen LogP contribution in [0.15, 0.2) is 30.3 Å². The van der Waals surface area contributed by atoms with Crippen molar-refractivity contribution < 1.29 is 0 Å². The third-order valence-electron chi connectivity index (χ3n) is 4.27. The van der Waals surface area contributed by atoms with Gasteiger partial charge in [-0.2, -0.15) is 0 Å². The van der Waals surface area contributed by atoms with E-state index < -0.39 is 0 Å². The van der Waals surface area contributed by atoms with Gasteiger partial charge in [0.2, 0.25) is 0 Å². The van der Waals surface area contributed by atoms with Crippen molar-refractivity contribution in [1.29, 1.82) is 0 Å². The SMILES string of the molecule is CCCCN(CC(NCCC)c1ccccc1)C(C)CC. The van der Waals surface area contributed by atoms with Crippen molar-refractivity contribution in [3.8, 4) is 0 Å². The zero-order valence-corrected chi connectivity index (χ0v) is 14.4. The fourth-order valence-electron chi connectivity index (χ4n) is 2.64. The van der Waals surface area contributed by atoms with Gasteiger partial charge in [-0.3, -0.25) is 4.90 Å². The average molecular weight is 290 g/mol. The van der Waals surface area contributed by atoms with Gasteiger partial charge < -0.3 is 5.32 Å². The van der Waals surface area contributed by atoms with Crippen molar-refractivity contribution in [2.75, 3.05) is 19.6 Å². The second-order valence-corrected chi connectivity index (χ2v) is 6.02. The predicted molar refractivity (Wildman–Crippen MR) is 93.7 cm³/mol. The lowest BCUT2D eigenvalue weighted by Crippen LogP contribution is -2.40. The Hall–Kier alpha value is -0.860. The van der Waals surface area contributed by atoms with Crippen LogP contribution in [0.25, 0.3) is 0 Å². The van der Waals surface area contributed by atoms with Gasteiger partial charge in [-0.25, -0.2) is 0 Å². The minimum atomic E-state index is 0.442. The van der Waals surface area contributed by atoms with Gasteiger partial charge in [0.1, 0.15) is 0 Å². The van der Waals surface area contributed by atoms with Gasteiger partial charge in [-0.15, -0.1) is 0 Å². The summed E-state index contributed by atoms with van der Waals surface area (Å²) in [6, 6.07) is 12.0. The van der Waals surface area contributed by atoms with Gasteiger partial charge >= 0.3 is 0 Å². The summed E-state index contributed by atoms with van der Waals surface area (Å²) in [5.74, 6) is 0. The lowest BCUT2D eigenvalue weighted by atomic mass is 10.0. The number of benzene rings is 1. The second kappa shape index (κ2) is 10.8. The zero-order valence-electron chi connectivity index (χ0n) is 14.4.